The van der Waals surface area contributed by atoms with Crippen molar-refractivity contribution in [2.24, 2.45) is 4.99 Å². The number of nitrogens with zero attached hydrogens (tertiary/aromatic N) is 2. The molecule has 2 aromatic rings. The average molecular weight is 605 g/mol. The molecule has 5 nitrogen and oxygen atoms in total. The number of thioether (sulfide) groups is 1. The molecule has 0 saturated carbocycles. The lowest BCUT2D eigenvalue weighted by Crippen LogP contribution is -2.35. The Morgan fingerprint density at radius 1 is 1.14 bits per heavy atom. The largest absolute Gasteiger partial charge is 0.490 e. The average Bonchev–Trinajstić information content (AvgIpc) is 3.08. The van der Waals surface area contributed by atoms with Crippen LogP contribution in [-0.4, -0.2) is 34.7 Å². The van der Waals surface area contributed by atoms with Gasteiger partial charge in [0.25, 0.3) is 5.91 Å². The Labute approximate surface area is 226 Å². The highest BCUT2D eigenvalue weighted by molar-refractivity contribution is 14.1. The van der Waals surface area contributed by atoms with Gasteiger partial charge in [-0.2, -0.15) is 0 Å². The van der Waals surface area contributed by atoms with E-state index in [1.807, 2.05) is 58.9 Å². The highest BCUT2D eigenvalue weighted by Crippen LogP contribution is 2.38. The molecular formula is C28H33IN2O3S. The maximum absolute atomic E-state index is 13.2. The van der Waals surface area contributed by atoms with Crippen molar-refractivity contribution in [3.8, 4) is 11.5 Å². The van der Waals surface area contributed by atoms with Crippen LogP contribution in [0.2, 0.25) is 0 Å². The van der Waals surface area contributed by atoms with Crippen molar-refractivity contribution in [1.82, 2.24) is 4.90 Å². The minimum Gasteiger partial charge on any atom is -0.490 e. The van der Waals surface area contributed by atoms with E-state index in [9.17, 15) is 4.79 Å². The first-order valence-corrected chi connectivity index (χ1v) is 13.7. The number of ether oxygens (including phenoxy) is 2. The Bertz CT molecular complexity index is 1120. The molecule has 0 aromatic heterocycles. The van der Waals surface area contributed by atoms with Gasteiger partial charge in [0.1, 0.15) is 6.61 Å². The zero-order valence-electron chi connectivity index (χ0n) is 21.0. The second-order valence-corrected chi connectivity index (χ2v) is 11.0. The third-order valence-corrected chi connectivity index (χ3v) is 6.85. The third-order valence-electron chi connectivity index (χ3n) is 5.13. The van der Waals surface area contributed by atoms with Gasteiger partial charge in [-0.05, 0) is 117 Å². The van der Waals surface area contributed by atoms with E-state index in [1.165, 1.54) is 15.3 Å². The molecule has 1 heterocycles. The molecule has 3 rings (SSSR count). The van der Waals surface area contributed by atoms with Gasteiger partial charge < -0.3 is 9.47 Å². The van der Waals surface area contributed by atoms with E-state index in [0.29, 0.717) is 36.0 Å². The molecule has 0 spiro atoms. The number of hydrogen-bond donors (Lipinski definition) is 0. The topological polar surface area (TPSA) is 51.1 Å². The summed E-state index contributed by atoms with van der Waals surface area (Å²) in [4.78, 5) is 20.3. The SMILES string of the molecule is C=CCc1cc(/C=C2/SC(=NC(C)C)N(C(C)C)C2=O)cc(OCC)c1OCc1ccc(I)cc1. The van der Waals surface area contributed by atoms with Gasteiger partial charge in [0.2, 0.25) is 0 Å². The smallest absolute Gasteiger partial charge is 0.266 e. The summed E-state index contributed by atoms with van der Waals surface area (Å²) >= 11 is 3.72. The summed E-state index contributed by atoms with van der Waals surface area (Å²) in [7, 11) is 0. The third kappa shape index (κ3) is 7.13. The zero-order valence-corrected chi connectivity index (χ0v) is 24.0. The van der Waals surface area contributed by atoms with E-state index >= 15 is 0 Å². The van der Waals surface area contributed by atoms with Gasteiger partial charge in [-0.25, -0.2) is 0 Å². The summed E-state index contributed by atoms with van der Waals surface area (Å²) in [5, 5.41) is 0.750. The van der Waals surface area contributed by atoms with E-state index in [2.05, 4.69) is 58.4 Å². The van der Waals surface area contributed by atoms with Crippen LogP contribution in [0.3, 0.4) is 0 Å². The lowest BCUT2D eigenvalue weighted by molar-refractivity contribution is -0.123. The van der Waals surface area contributed by atoms with Gasteiger partial charge in [-0.1, -0.05) is 18.2 Å². The second-order valence-electron chi connectivity index (χ2n) is 8.73. The highest BCUT2D eigenvalue weighted by atomic mass is 127. The summed E-state index contributed by atoms with van der Waals surface area (Å²) in [6.07, 6.45) is 4.39. The molecule has 0 unspecified atom stereocenters. The first-order valence-electron chi connectivity index (χ1n) is 11.8. The first-order chi connectivity index (χ1) is 16.7. The second kappa shape index (κ2) is 12.6. The van der Waals surface area contributed by atoms with Crippen molar-refractivity contribution >= 4 is 51.5 Å². The Balaban J connectivity index is 1.98. The number of rotatable bonds is 10. The Hall–Kier alpha value is -2.26. The van der Waals surface area contributed by atoms with Gasteiger partial charge >= 0.3 is 0 Å². The van der Waals surface area contributed by atoms with Gasteiger partial charge in [0.05, 0.1) is 11.5 Å². The molecule has 1 aliphatic heterocycles. The number of aliphatic imine (C=N–C) groups is 1. The van der Waals surface area contributed by atoms with Crippen LogP contribution in [-0.2, 0) is 17.8 Å². The molecule has 1 aliphatic rings. The fourth-order valence-corrected chi connectivity index (χ4v) is 5.23. The van der Waals surface area contributed by atoms with Crippen molar-refractivity contribution in [3.63, 3.8) is 0 Å². The molecule has 1 fully saturated rings. The summed E-state index contributed by atoms with van der Waals surface area (Å²) in [5.74, 6) is 1.35. The van der Waals surface area contributed by atoms with E-state index in [4.69, 9.17) is 9.47 Å². The minimum absolute atomic E-state index is 0.0216. The predicted octanol–water partition coefficient (Wildman–Crippen LogP) is 7.09. The molecule has 35 heavy (non-hydrogen) atoms. The number of amidine groups is 1. The Morgan fingerprint density at radius 2 is 1.86 bits per heavy atom. The van der Waals surface area contributed by atoms with Gasteiger partial charge in [0, 0.05) is 21.2 Å². The van der Waals surface area contributed by atoms with Crippen LogP contribution < -0.4 is 9.47 Å². The van der Waals surface area contributed by atoms with Crippen LogP contribution in [0.5, 0.6) is 11.5 Å². The molecule has 186 valence electrons. The number of carbonyl (C=O) groups is 1. The Kier molecular flexibility index (Phi) is 9.86. The normalized spacial score (nSPS) is 16.1. The number of benzene rings is 2. The van der Waals surface area contributed by atoms with Crippen molar-refractivity contribution < 1.29 is 14.3 Å². The monoisotopic (exact) mass is 604 g/mol. The summed E-state index contributed by atoms with van der Waals surface area (Å²) in [5.41, 5.74) is 2.94. The van der Waals surface area contributed by atoms with E-state index in [0.717, 1.165) is 21.9 Å². The molecule has 2 aromatic carbocycles. The molecule has 1 saturated heterocycles. The molecule has 0 atom stereocenters. The highest BCUT2D eigenvalue weighted by Gasteiger charge is 2.35. The summed E-state index contributed by atoms with van der Waals surface area (Å²) in [6, 6.07) is 12.4. The van der Waals surface area contributed by atoms with Crippen LogP contribution in [0.4, 0.5) is 0 Å². The Morgan fingerprint density at radius 3 is 2.46 bits per heavy atom. The van der Waals surface area contributed by atoms with Crippen LogP contribution in [0, 0.1) is 3.57 Å². The molecular weight excluding hydrogens is 571 g/mol. The quantitative estimate of drug-likeness (QED) is 0.165. The standard InChI is InChI=1S/C28H33IN2O3S/c1-7-9-22-14-21(16-25-27(32)31(19(5)6)28(35-25)30-18(3)4)15-24(33-8-2)26(22)34-17-20-10-12-23(29)13-11-20/h7,10-16,18-19H,1,8-9,17H2,2-6H3/b25-16+,30-28?. The number of amides is 1. The van der Waals surface area contributed by atoms with Crippen molar-refractivity contribution in [3.05, 3.63) is 74.2 Å². The lowest BCUT2D eigenvalue weighted by Gasteiger charge is -2.20. The van der Waals surface area contributed by atoms with E-state index in [-0.39, 0.29) is 18.0 Å². The van der Waals surface area contributed by atoms with Crippen LogP contribution in [0.15, 0.2) is 59.0 Å². The van der Waals surface area contributed by atoms with Crippen LogP contribution in [0.1, 0.15) is 51.3 Å². The molecule has 7 heteroatoms. The van der Waals surface area contributed by atoms with E-state index in [1.54, 1.807) is 4.90 Å². The maximum Gasteiger partial charge on any atom is 0.266 e. The zero-order chi connectivity index (χ0) is 25.5. The summed E-state index contributed by atoms with van der Waals surface area (Å²) < 4.78 is 13.4. The number of allylic oxidation sites excluding steroid dienone is 1. The van der Waals surface area contributed by atoms with Gasteiger partial charge in [-0.3, -0.25) is 14.7 Å². The molecule has 0 bridgehead atoms. The molecule has 1 amide bonds. The minimum atomic E-state index is -0.0216. The van der Waals surface area contributed by atoms with Crippen LogP contribution >= 0.6 is 34.4 Å². The van der Waals surface area contributed by atoms with E-state index < -0.39 is 0 Å². The number of hydrogen-bond acceptors (Lipinski definition) is 5. The van der Waals surface area contributed by atoms with Crippen molar-refractivity contribution in [2.45, 2.75) is 59.7 Å². The van der Waals surface area contributed by atoms with Crippen molar-refractivity contribution in [2.75, 3.05) is 6.61 Å². The van der Waals surface area contributed by atoms with Gasteiger partial charge in [-0.15, -0.1) is 6.58 Å². The first kappa shape index (κ1) is 27.3. The van der Waals surface area contributed by atoms with Crippen LogP contribution in [0.25, 0.3) is 6.08 Å². The fourth-order valence-electron chi connectivity index (χ4n) is 3.64. The fraction of sp³-hybridized carbons (Fsp3) is 0.357. The maximum atomic E-state index is 13.2. The lowest BCUT2D eigenvalue weighted by atomic mass is 10.0. The number of halogens is 1. The van der Waals surface area contributed by atoms with Gasteiger partial charge in [0.15, 0.2) is 16.7 Å². The molecule has 0 aliphatic carbocycles. The number of carbonyl (C=O) groups excluding carboxylic acids is 1. The predicted molar refractivity (Wildman–Crippen MR) is 155 cm³/mol. The van der Waals surface area contributed by atoms with Crippen molar-refractivity contribution in [1.29, 1.82) is 0 Å². The summed E-state index contributed by atoms with van der Waals surface area (Å²) in [6.45, 7) is 14.9. The molecule has 0 radical (unpaired) electrons. The molecule has 0 N–H and O–H groups in total.